The van der Waals surface area contributed by atoms with Gasteiger partial charge in [-0.1, -0.05) is 25.1 Å². The van der Waals surface area contributed by atoms with Crippen molar-refractivity contribution in [2.45, 2.75) is 38.6 Å². The van der Waals surface area contributed by atoms with Crippen molar-refractivity contribution in [2.75, 3.05) is 11.9 Å². The number of hydrogen-bond donors (Lipinski definition) is 2. The highest BCUT2D eigenvalue weighted by molar-refractivity contribution is 7.14. The highest BCUT2D eigenvalue weighted by atomic mass is 32.1. The van der Waals surface area contributed by atoms with Crippen molar-refractivity contribution in [1.82, 2.24) is 4.90 Å². The third-order valence-corrected chi connectivity index (χ3v) is 5.74. The Balaban J connectivity index is 1.68. The van der Waals surface area contributed by atoms with Gasteiger partial charge in [-0.25, -0.2) is 0 Å². The number of thiophene rings is 1. The molecule has 0 bridgehead atoms. The van der Waals surface area contributed by atoms with Gasteiger partial charge in [-0.05, 0) is 43.5 Å². The number of carbonyl (C=O) groups excluding carboxylic acids is 2. The van der Waals surface area contributed by atoms with E-state index in [0.29, 0.717) is 17.0 Å². The number of nitrogens with one attached hydrogen (secondary N) is 1. The molecule has 27 heavy (non-hydrogen) atoms. The minimum Gasteiger partial charge on any atom is -0.508 e. The maximum atomic E-state index is 12.5. The number of nitrogens with zero attached hydrogens (tertiary/aromatic N) is 1. The Hall–Kier alpha value is -2.60. The van der Waals surface area contributed by atoms with Crippen LogP contribution in [0.5, 0.6) is 5.75 Å². The molecule has 1 aliphatic rings. The Morgan fingerprint density at radius 3 is 2.93 bits per heavy atom. The van der Waals surface area contributed by atoms with Crippen LogP contribution in [0.2, 0.25) is 0 Å². The summed E-state index contributed by atoms with van der Waals surface area (Å²) in [6.45, 7) is 2.82. The number of benzene rings is 1. The molecule has 1 aromatic heterocycles. The molecule has 142 valence electrons. The van der Waals surface area contributed by atoms with Crippen LogP contribution in [0, 0.1) is 0 Å². The van der Waals surface area contributed by atoms with Crippen LogP contribution >= 0.6 is 11.3 Å². The summed E-state index contributed by atoms with van der Waals surface area (Å²) < 4.78 is 0. The van der Waals surface area contributed by atoms with E-state index in [4.69, 9.17) is 0 Å². The number of phenols is 1. The largest absolute Gasteiger partial charge is 0.508 e. The van der Waals surface area contributed by atoms with Gasteiger partial charge in [0.25, 0.3) is 5.91 Å². The van der Waals surface area contributed by atoms with E-state index in [1.165, 1.54) is 17.4 Å². The van der Waals surface area contributed by atoms with Gasteiger partial charge in [0.15, 0.2) is 0 Å². The molecule has 1 fully saturated rings. The summed E-state index contributed by atoms with van der Waals surface area (Å²) in [6.07, 6.45) is 7.21. The second-order valence-corrected chi connectivity index (χ2v) is 7.65. The molecule has 2 aromatic rings. The van der Waals surface area contributed by atoms with Crippen LogP contribution < -0.4 is 5.32 Å². The van der Waals surface area contributed by atoms with Crippen LogP contribution in [-0.2, 0) is 4.79 Å². The molecule has 1 aliphatic heterocycles. The van der Waals surface area contributed by atoms with Gasteiger partial charge in [-0.15, -0.1) is 11.3 Å². The van der Waals surface area contributed by atoms with Gasteiger partial charge >= 0.3 is 0 Å². The molecule has 5 nitrogen and oxygen atoms in total. The molecule has 0 aliphatic carbocycles. The maximum Gasteiger partial charge on any atom is 0.265 e. The third kappa shape index (κ3) is 4.77. The van der Waals surface area contributed by atoms with Crippen molar-refractivity contribution < 1.29 is 14.7 Å². The quantitative estimate of drug-likeness (QED) is 0.708. The number of phenolic OH excluding ortho intramolecular Hbond substituents is 1. The molecule has 0 unspecified atom stereocenters. The summed E-state index contributed by atoms with van der Waals surface area (Å²) in [4.78, 5) is 28.5. The Labute approximate surface area is 163 Å². The zero-order valence-corrected chi connectivity index (χ0v) is 16.2. The standard InChI is InChI=1S/C21H24N2O3S/c1-2-3-4-10-20(25)23-13-6-9-17(23)18-11-12-19(27-18)21(26)22-15-7-5-8-16(24)14-15/h3-5,7-8,11-12,14,17,24H,2,6,9-10,13H2,1H3,(H,22,26)/b4-3+/t17-/m0/s1. The van der Waals surface area contributed by atoms with Crippen molar-refractivity contribution in [3.8, 4) is 5.75 Å². The first-order valence-electron chi connectivity index (χ1n) is 9.23. The van der Waals surface area contributed by atoms with Crippen LogP contribution in [0.1, 0.15) is 53.2 Å². The number of aromatic hydroxyl groups is 1. The molecule has 1 saturated heterocycles. The minimum atomic E-state index is -0.210. The molecule has 6 heteroatoms. The molecule has 2 heterocycles. The number of amides is 2. The topological polar surface area (TPSA) is 69.6 Å². The minimum absolute atomic E-state index is 0.0554. The van der Waals surface area contributed by atoms with Crippen LogP contribution in [0.4, 0.5) is 5.69 Å². The Morgan fingerprint density at radius 2 is 2.15 bits per heavy atom. The van der Waals surface area contributed by atoms with E-state index >= 15 is 0 Å². The van der Waals surface area contributed by atoms with Crippen molar-refractivity contribution in [3.63, 3.8) is 0 Å². The first-order valence-corrected chi connectivity index (χ1v) is 10.0. The molecule has 1 aromatic carbocycles. The fraction of sp³-hybridized carbons (Fsp3) is 0.333. The zero-order valence-electron chi connectivity index (χ0n) is 15.4. The zero-order chi connectivity index (χ0) is 19.2. The summed E-state index contributed by atoms with van der Waals surface area (Å²) in [7, 11) is 0. The summed E-state index contributed by atoms with van der Waals surface area (Å²) >= 11 is 1.42. The molecule has 0 saturated carbocycles. The fourth-order valence-electron chi connectivity index (χ4n) is 3.26. The summed E-state index contributed by atoms with van der Waals surface area (Å²) in [5, 5.41) is 12.3. The Morgan fingerprint density at radius 1 is 1.30 bits per heavy atom. The number of anilines is 1. The summed E-state index contributed by atoms with van der Waals surface area (Å²) in [5.41, 5.74) is 0.551. The lowest BCUT2D eigenvalue weighted by Gasteiger charge is -2.23. The number of hydrogen-bond acceptors (Lipinski definition) is 4. The van der Waals surface area contributed by atoms with Crippen molar-refractivity contribution in [1.29, 1.82) is 0 Å². The molecular weight excluding hydrogens is 360 g/mol. The van der Waals surface area contributed by atoms with E-state index in [-0.39, 0.29) is 23.6 Å². The van der Waals surface area contributed by atoms with Gasteiger partial charge in [-0.2, -0.15) is 0 Å². The Kier molecular flexibility index (Phi) is 6.29. The lowest BCUT2D eigenvalue weighted by atomic mass is 10.2. The molecular formula is C21H24N2O3S. The normalized spacial score (nSPS) is 16.8. The van der Waals surface area contributed by atoms with E-state index < -0.39 is 0 Å². The molecule has 0 radical (unpaired) electrons. The first kappa shape index (κ1) is 19.2. The van der Waals surface area contributed by atoms with Crippen LogP contribution in [0.3, 0.4) is 0 Å². The van der Waals surface area contributed by atoms with E-state index in [2.05, 4.69) is 12.2 Å². The second kappa shape index (κ2) is 8.86. The maximum absolute atomic E-state index is 12.5. The van der Waals surface area contributed by atoms with E-state index in [1.807, 2.05) is 23.1 Å². The van der Waals surface area contributed by atoms with Gasteiger partial charge in [0.1, 0.15) is 5.75 Å². The molecule has 1 atom stereocenters. The van der Waals surface area contributed by atoms with Gasteiger partial charge in [0.2, 0.25) is 5.91 Å². The average Bonchev–Trinajstić information content (AvgIpc) is 3.31. The third-order valence-electron chi connectivity index (χ3n) is 4.55. The van der Waals surface area contributed by atoms with Gasteiger partial charge in [0, 0.05) is 29.6 Å². The van der Waals surface area contributed by atoms with Crippen molar-refractivity contribution in [2.24, 2.45) is 0 Å². The fourth-order valence-corrected chi connectivity index (χ4v) is 4.31. The number of likely N-dealkylation sites (tertiary alicyclic amines) is 1. The van der Waals surface area contributed by atoms with Crippen LogP contribution in [-0.4, -0.2) is 28.4 Å². The SMILES string of the molecule is CC/C=C/CC(=O)N1CCC[C@H]1c1ccc(C(=O)Nc2cccc(O)c2)s1. The summed E-state index contributed by atoms with van der Waals surface area (Å²) in [5.74, 6) is 0.0388. The van der Waals surface area contributed by atoms with Crippen molar-refractivity contribution in [3.05, 3.63) is 58.3 Å². The number of allylic oxidation sites excluding steroid dienone is 1. The molecule has 3 rings (SSSR count). The van der Waals surface area contributed by atoms with Crippen LogP contribution in [0.15, 0.2) is 48.6 Å². The summed E-state index contributed by atoms with van der Waals surface area (Å²) in [6, 6.07) is 10.3. The predicted molar refractivity (Wildman–Crippen MR) is 108 cm³/mol. The first-order chi connectivity index (χ1) is 13.1. The lowest BCUT2D eigenvalue weighted by molar-refractivity contribution is -0.131. The predicted octanol–water partition coefficient (Wildman–Crippen LogP) is 4.73. The smallest absolute Gasteiger partial charge is 0.265 e. The monoisotopic (exact) mass is 384 g/mol. The average molecular weight is 385 g/mol. The van der Waals surface area contributed by atoms with Crippen LogP contribution in [0.25, 0.3) is 0 Å². The van der Waals surface area contributed by atoms with Crippen molar-refractivity contribution >= 4 is 28.8 Å². The molecule has 2 amide bonds. The number of carbonyl (C=O) groups is 2. The van der Waals surface area contributed by atoms with Gasteiger partial charge in [-0.3, -0.25) is 9.59 Å². The number of rotatable bonds is 6. The highest BCUT2D eigenvalue weighted by Crippen LogP contribution is 2.36. The lowest BCUT2D eigenvalue weighted by Crippen LogP contribution is -2.29. The van der Waals surface area contributed by atoms with E-state index in [9.17, 15) is 14.7 Å². The molecule has 2 N–H and O–H groups in total. The Bertz CT molecular complexity index is 843. The van der Waals surface area contributed by atoms with E-state index in [0.717, 1.165) is 30.7 Å². The van der Waals surface area contributed by atoms with Gasteiger partial charge in [0.05, 0.1) is 10.9 Å². The second-order valence-electron chi connectivity index (χ2n) is 6.54. The highest BCUT2D eigenvalue weighted by Gasteiger charge is 2.30. The van der Waals surface area contributed by atoms with Gasteiger partial charge < -0.3 is 15.3 Å². The molecule has 0 spiro atoms. The van der Waals surface area contributed by atoms with E-state index in [1.54, 1.807) is 24.3 Å².